The molecule has 0 bridgehead atoms. The van der Waals surface area contributed by atoms with Crippen LogP contribution in [0.25, 0.3) is 11.3 Å². The number of nitrogens with zero attached hydrogens (tertiary/aromatic N) is 1. The fraction of sp³-hybridized carbons (Fsp3) is 0.250. The van der Waals surface area contributed by atoms with E-state index in [-0.39, 0.29) is 5.35 Å². The zero-order valence-corrected chi connectivity index (χ0v) is 10.1. The summed E-state index contributed by atoms with van der Waals surface area (Å²) in [6.07, 6.45) is -3.75. The molecule has 6 heteroatoms. The molecule has 0 saturated carbocycles. The smallest absolute Gasteiger partial charge is 0.416 e. The second kappa shape index (κ2) is 4.65. The predicted molar refractivity (Wildman–Crippen MR) is 61.3 cm³/mol. The molecule has 2 rings (SSSR count). The highest BCUT2D eigenvalue weighted by Crippen LogP contribution is 2.32. The number of halogens is 4. The number of hydrogen-bond acceptors (Lipinski definition) is 2. The zero-order chi connectivity index (χ0) is 13.3. The largest absolute Gasteiger partial charge is 0.427 e. The summed E-state index contributed by atoms with van der Waals surface area (Å²) >= 11 is 5.64. The van der Waals surface area contributed by atoms with E-state index < -0.39 is 11.7 Å². The van der Waals surface area contributed by atoms with Gasteiger partial charge in [-0.3, -0.25) is 0 Å². The van der Waals surface area contributed by atoms with Gasteiger partial charge in [-0.1, -0.05) is 19.1 Å². The van der Waals surface area contributed by atoms with Crippen molar-refractivity contribution >= 4 is 11.6 Å². The molecule has 0 unspecified atom stereocenters. The Morgan fingerprint density at radius 2 is 1.83 bits per heavy atom. The van der Waals surface area contributed by atoms with Crippen LogP contribution in [0.5, 0.6) is 0 Å². The molecule has 0 aliphatic heterocycles. The van der Waals surface area contributed by atoms with E-state index >= 15 is 0 Å². The molecule has 2 aromatic rings. The van der Waals surface area contributed by atoms with Crippen molar-refractivity contribution in [2.24, 2.45) is 0 Å². The zero-order valence-electron chi connectivity index (χ0n) is 9.38. The van der Waals surface area contributed by atoms with Gasteiger partial charge < -0.3 is 4.42 Å². The molecule has 0 aliphatic rings. The molecule has 0 N–H and O–H groups in total. The first-order valence-electron chi connectivity index (χ1n) is 5.24. The number of aromatic nitrogens is 1. The highest BCUT2D eigenvalue weighted by Gasteiger charge is 2.30. The van der Waals surface area contributed by atoms with E-state index in [0.29, 0.717) is 23.4 Å². The highest BCUT2D eigenvalue weighted by atomic mass is 35.5. The minimum absolute atomic E-state index is 0.0123. The van der Waals surface area contributed by atoms with Crippen LogP contribution in [0.1, 0.15) is 18.2 Å². The first-order valence-corrected chi connectivity index (χ1v) is 5.62. The Labute approximate surface area is 106 Å². The van der Waals surface area contributed by atoms with Crippen molar-refractivity contribution in [2.75, 3.05) is 0 Å². The number of aryl methyl sites for hydroxylation is 1. The Bertz CT molecular complexity index is 545. The average Bonchev–Trinajstić information content (AvgIpc) is 2.69. The van der Waals surface area contributed by atoms with Crippen molar-refractivity contribution in [1.82, 2.24) is 4.98 Å². The molecule has 1 heterocycles. The van der Waals surface area contributed by atoms with Gasteiger partial charge in [0.2, 0.25) is 0 Å². The molecule has 2 nitrogen and oxygen atoms in total. The minimum Gasteiger partial charge on any atom is -0.427 e. The van der Waals surface area contributed by atoms with Crippen LogP contribution in [-0.4, -0.2) is 4.98 Å². The van der Waals surface area contributed by atoms with E-state index in [1.54, 1.807) is 0 Å². The lowest BCUT2D eigenvalue weighted by Gasteiger charge is -2.06. The number of alkyl halides is 3. The molecule has 0 fully saturated rings. The molecule has 1 aromatic carbocycles. The minimum atomic E-state index is -4.34. The van der Waals surface area contributed by atoms with Gasteiger partial charge in [-0.25, -0.2) is 4.98 Å². The Kier molecular flexibility index (Phi) is 3.34. The van der Waals surface area contributed by atoms with Crippen LogP contribution in [-0.2, 0) is 12.6 Å². The molecule has 0 saturated heterocycles. The van der Waals surface area contributed by atoms with E-state index in [1.165, 1.54) is 12.1 Å². The standard InChI is InChI=1S/C12H9ClF3NO/c1-2-9-10(18-11(13)17-9)7-3-5-8(6-4-7)12(14,15)16/h3-6H,2H2,1H3. The lowest BCUT2D eigenvalue weighted by molar-refractivity contribution is -0.137. The molecular weight excluding hydrogens is 267 g/mol. The van der Waals surface area contributed by atoms with Crippen molar-refractivity contribution in [3.8, 4) is 11.3 Å². The van der Waals surface area contributed by atoms with E-state index in [2.05, 4.69) is 4.98 Å². The summed E-state index contributed by atoms with van der Waals surface area (Å²) in [5, 5.41) is -0.0123. The van der Waals surface area contributed by atoms with Crippen molar-refractivity contribution in [3.63, 3.8) is 0 Å². The first-order chi connectivity index (χ1) is 8.41. The van der Waals surface area contributed by atoms with E-state index in [0.717, 1.165) is 12.1 Å². The highest BCUT2D eigenvalue weighted by molar-refractivity contribution is 6.27. The first kappa shape index (κ1) is 13.0. The van der Waals surface area contributed by atoms with E-state index in [9.17, 15) is 13.2 Å². The maximum Gasteiger partial charge on any atom is 0.416 e. The Morgan fingerprint density at radius 3 is 2.33 bits per heavy atom. The molecule has 18 heavy (non-hydrogen) atoms. The topological polar surface area (TPSA) is 26.0 Å². The van der Waals surface area contributed by atoms with Crippen LogP contribution in [0.3, 0.4) is 0 Å². The third kappa shape index (κ3) is 2.51. The van der Waals surface area contributed by atoms with Gasteiger partial charge in [0.15, 0.2) is 5.76 Å². The van der Waals surface area contributed by atoms with Gasteiger partial charge >= 0.3 is 6.18 Å². The van der Waals surface area contributed by atoms with Crippen LogP contribution in [0.2, 0.25) is 5.35 Å². The fourth-order valence-corrected chi connectivity index (χ4v) is 1.78. The van der Waals surface area contributed by atoms with Gasteiger partial charge in [-0.2, -0.15) is 13.2 Å². The average molecular weight is 276 g/mol. The second-order valence-electron chi connectivity index (χ2n) is 3.67. The molecule has 1 aromatic heterocycles. The Morgan fingerprint density at radius 1 is 1.22 bits per heavy atom. The van der Waals surface area contributed by atoms with Gasteiger partial charge in [0.1, 0.15) is 0 Å². The molecule has 0 aliphatic carbocycles. The summed E-state index contributed by atoms with van der Waals surface area (Å²) in [7, 11) is 0. The van der Waals surface area contributed by atoms with Crippen molar-refractivity contribution in [1.29, 1.82) is 0 Å². The molecule has 0 amide bonds. The summed E-state index contributed by atoms with van der Waals surface area (Å²) in [6.45, 7) is 1.86. The van der Waals surface area contributed by atoms with E-state index in [4.69, 9.17) is 16.0 Å². The lowest BCUT2D eigenvalue weighted by atomic mass is 10.1. The second-order valence-corrected chi connectivity index (χ2v) is 3.99. The molecule has 96 valence electrons. The molecular formula is C12H9ClF3NO. The van der Waals surface area contributed by atoms with Gasteiger partial charge in [0.25, 0.3) is 5.35 Å². The van der Waals surface area contributed by atoms with Gasteiger partial charge in [0, 0.05) is 5.56 Å². The lowest BCUT2D eigenvalue weighted by Crippen LogP contribution is -2.04. The fourth-order valence-electron chi connectivity index (χ4n) is 1.60. The number of hydrogen-bond donors (Lipinski definition) is 0. The number of oxazole rings is 1. The summed E-state index contributed by atoms with van der Waals surface area (Å²) in [5.41, 5.74) is 0.453. The summed E-state index contributed by atoms with van der Waals surface area (Å²) < 4.78 is 42.4. The maximum absolute atomic E-state index is 12.4. The van der Waals surface area contributed by atoms with E-state index in [1.807, 2.05) is 6.92 Å². The SMILES string of the molecule is CCc1nc(Cl)oc1-c1ccc(C(F)(F)F)cc1. The molecule has 0 radical (unpaired) electrons. The predicted octanol–water partition coefficient (Wildman–Crippen LogP) is 4.58. The van der Waals surface area contributed by atoms with Crippen molar-refractivity contribution < 1.29 is 17.6 Å². The van der Waals surface area contributed by atoms with Crippen LogP contribution < -0.4 is 0 Å². The van der Waals surface area contributed by atoms with Crippen LogP contribution in [0.15, 0.2) is 28.7 Å². The van der Waals surface area contributed by atoms with Crippen LogP contribution >= 0.6 is 11.6 Å². The maximum atomic E-state index is 12.4. The van der Waals surface area contributed by atoms with Gasteiger partial charge in [-0.15, -0.1) is 0 Å². The van der Waals surface area contributed by atoms with Crippen LogP contribution in [0, 0.1) is 0 Å². The van der Waals surface area contributed by atoms with Gasteiger partial charge in [0.05, 0.1) is 11.3 Å². The number of rotatable bonds is 2. The number of benzene rings is 1. The third-order valence-corrected chi connectivity index (χ3v) is 2.64. The van der Waals surface area contributed by atoms with Gasteiger partial charge in [-0.05, 0) is 30.2 Å². The monoisotopic (exact) mass is 275 g/mol. The normalized spacial score (nSPS) is 11.8. The quantitative estimate of drug-likeness (QED) is 0.802. The Balaban J connectivity index is 2.40. The summed E-state index contributed by atoms with van der Waals surface area (Å²) in [6, 6.07) is 4.70. The van der Waals surface area contributed by atoms with Crippen molar-refractivity contribution in [3.05, 3.63) is 40.9 Å². The van der Waals surface area contributed by atoms with Crippen LogP contribution in [0.4, 0.5) is 13.2 Å². The molecule has 0 spiro atoms. The summed E-state index contributed by atoms with van der Waals surface area (Å²) in [4.78, 5) is 3.95. The third-order valence-electron chi connectivity index (χ3n) is 2.48. The van der Waals surface area contributed by atoms with Crippen molar-refractivity contribution in [2.45, 2.75) is 19.5 Å². The summed E-state index contributed by atoms with van der Waals surface area (Å²) in [5.74, 6) is 0.413. The molecule has 0 atom stereocenters. The Hall–Kier alpha value is -1.49.